The number of hydrogen-bond donors (Lipinski definition) is 1. The second kappa shape index (κ2) is 3.67. The smallest absolute Gasteiger partial charge is 0.0311 e. The van der Waals surface area contributed by atoms with Gasteiger partial charge in [0.15, 0.2) is 0 Å². The Morgan fingerprint density at radius 3 is 2.32 bits per heavy atom. The molecule has 106 valence electrons. The van der Waals surface area contributed by atoms with E-state index in [1.54, 1.807) is 5.57 Å². The molecule has 4 bridgehead atoms. The molecule has 0 amide bonds. The minimum absolute atomic E-state index is 0.372. The van der Waals surface area contributed by atoms with Crippen molar-refractivity contribution in [1.82, 2.24) is 0 Å². The van der Waals surface area contributed by atoms with Crippen LogP contribution in [-0.2, 0) is 0 Å². The minimum Gasteiger partial charge on any atom is -0.324 e. The maximum absolute atomic E-state index is 6.83. The second-order valence-corrected chi connectivity index (χ2v) is 9.14. The Morgan fingerprint density at radius 1 is 1.11 bits per heavy atom. The first kappa shape index (κ1) is 12.4. The Labute approximate surface area is 118 Å². The van der Waals surface area contributed by atoms with Gasteiger partial charge in [0, 0.05) is 6.04 Å². The highest BCUT2D eigenvalue weighted by Crippen LogP contribution is 2.70. The van der Waals surface area contributed by atoms with Crippen LogP contribution in [0.25, 0.3) is 0 Å². The van der Waals surface area contributed by atoms with Crippen LogP contribution in [0.5, 0.6) is 0 Å². The Balaban J connectivity index is 1.70. The SMILES string of the molecule is CC12CC3CC(C)(C1)CC(C(N)C1=CCCC1)(C3)C2. The maximum Gasteiger partial charge on any atom is 0.0311 e. The predicted octanol–water partition coefficient (Wildman–Crippen LogP) is 4.42. The maximum atomic E-state index is 6.83. The summed E-state index contributed by atoms with van der Waals surface area (Å²) in [6.45, 7) is 5.11. The summed E-state index contributed by atoms with van der Waals surface area (Å²) in [7, 11) is 0. The lowest BCUT2D eigenvalue weighted by Gasteiger charge is -2.67. The van der Waals surface area contributed by atoms with Gasteiger partial charge in [0.2, 0.25) is 0 Å². The molecule has 19 heavy (non-hydrogen) atoms. The van der Waals surface area contributed by atoms with Gasteiger partial charge in [0.05, 0.1) is 0 Å². The van der Waals surface area contributed by atoms with Crippen LogP contribution in [0.2, 0.25) is 0 Å². The fourth-order valence-corrected chi connectivity index (χ4v) is 7.25. The Kier molecular flexibility index (Phi) is 2.40. The first-order valence-corrected chi connectivity index (χ1v) is 8.37. The average molecular weight is 259 g/mol. The number of nitrogens with two attached hydrogens (primary N) is 1. The summed E-state index contributed by atoms with van der Waals surface area (Å²) in [5, 5.41) is 0. The van der Waals surface area contributed by atoms with E-state index < -0.39 is 0 Å². The molecule has 0 radical (unpaired) electrons. The van der Waals surface area contributed by atoms with Crippen LogP contribution in [0, 0.1) is 22.2 Å². The van der Waals surface area contributed by atoms with Crippen LogP contribution in [0.3, 0.4) is 0 Å². The van der Waals surface area contributed by atoms with Crippen molar-refractivity contribution in [2.75, 3.05) is 0 Å². The molecule has 0 aromatic heterocycles. The van der Waals surface area contributed by atoms with Crippen molar-refractivity contribution in [1.29, 1.82) is 0 Å². The first-order valence-electron chi connectivity index (χ1n) is 8.37. The van der Waals surface area contributed by atoms with Crippen LogP contribution < -0.4 is 5.73 Å². The van der Waals surface area contributed by atoms with Crippen molar-refractivity contribution in [3.05, 3.63) is 11.6 Å². The lowest BCUT2D eigenvalue weighted by molar-refractivity contribution is -0.149. The standard InChI is InChI=1S/C18H29N/c1-16-7-13-8-17(2,10-16)12-18(9-13,11-16)15(19)14-5-3-4-6-14/h5,13,15H,3-4,6-12,19H2,1-2H3. The predicted molar refractivity (Wildman–Crippen MR) is 79.7 cm³/mol. The molecular weight excluding hydrogens is 230 g/mol. The molecule has 0 heterocycles. The second-order valence-electron chi connectivity index (χ2n) is 9.14. The zero-order chi connectivity index (χ0) is 13.3. The zero-order valence-corrected chi connectivity index (χ0v) is 12.7. The van der Waals surface area contributed by atoms with Crippen molar-refractivity contribution >= 4 is 0 Å². The largest absolute Gasteiger partial charge is 0.324 e. The molecule has 5 aliphatic carbocycles. The van der Waals surface area contributed by atoms with Crippen LogP contribution in [0.4, 0.5) is 0 Å². The topological polar surface area (TPSA) is 26.0 Å². The average Bonchev–Trinajstić information content (AvgIpc) is 2.75. The molecule has 0 spiro atoms. The van der Waals surface area contributed by atoms with Gasteiger partial charge in [0.1, 0.15) is 0 Å². The number of hydrogen-bond acceptors (Lipinski definition) is 1. The van der Waals surface area contributed by atoms with Gasteiger partial charge in [-0.05, 0) is 80.0 Å². The number of allylic oxidation sites excluding steroid dienone is 1. The third-order valence-corrected chi connectivity index (χ3v) is 6.80. The molecule has 4 saturated carbocycles. The van der Waals surface area contributed by atoms with E-state index in [9.17, 15) is 0 Å². The summed E-state index contributed by atoms with van der Waals surface area (Å²) in [6.07, 6.45) is 15.0. The molecule has 0 saturated heterocycles. The molecule has 3 atom stereocenters. The molecule has 5 rings (SSSR count). The van der Waals surface area contributed by atoms with E-state index in [0.717, 1.165) is 5.92 Å². The molecule has 0 aromatic rings. The zero-order valence-electron chi connectivity index (χ0n) is 12.7. The third-order valence-electron chi connectivity index (χ3n) is 6.80. The Bertz CT molecular complexity index is 417. The van der Waals surface area contributed by atoms with Crippen molar-refractivity contribution in [3.63, 3.8) is 0 Å². The first-order chi connectivity index (χ1) is 8.92. The summed E-state index contributed by atoms with van der Waals surface area (Å²) in [5.41, 5.74) is 10.1. The van der Waals surface area contributed by atoms with E-state index >= 15 is 0 Å². The van der Waals surface area contributed by atoms with Crippen molar-refractivity contribution in [2.24, 2.45) is 27.9 Å². The summed E-state index contributed by atoms with van der Waals surface area (Å²) in [4.78, 5) is 0. The van der Waals surface area contributed by atoms with Crippen molar-refractivity contribution < 1.29 is 0 Å². The molecule has 3 unspecified atom stereocenters. The van der Waals surface area contributed by atoms with E-state index in [4.69, 9.17) is 5.73 Å². The summed E-state index contributed by atoms with van der Waals surface area (Å²) < 4.78 is 0. The monoisotopic (exact) mass is 259 g/mol. The van der Waals surface area contributed by atoms with Crippen molar-refractivity contribution in [3.8, 4) is 0 Å². The lowest BCUT2D eigenvalue weighted by Crippen LogP contribution is -2.60. The highest BCUT2D eigenvalue weighted by molar-refractivity contribution is 5.23. The van der Waals surface area contributed by atoms with Crippen LogP contribution in [0.15, 0.2) is 11.6 Å². The van der Waals surface area contributed by atoms with E-state index in [1.807, 2.05) is 0 Å². The molecular formula is C18H29N. The van der Waals surface area contributed by atoms with Gasteiger partial charge < -0.3 is 5.73 Å². The van der Waals surface area contributed by atoms with Gasteiger partial charge >= 0.3 is 0 Å². The lowest BCUT2D eigenvalue weighted by atomic mass is 9.39. The van der Waals surface area contributed by atoms with Gasteiger partial charge in [-0.25, -0.2) is 0 Å². The summed E-state index contributed by atoms with van der Waals surface area (Å²) in [6, 6.07) is 0.372. The van der Waals surface area contributed by atoms with Crippen LogP contribution >= 0.6 is 0 Å². The summed E-state index contributed by atoms with van der Waals surface area (Å²) in [5.74, 6) is 0.972. The van der Waals surface area contributed by atoms with Gasteiger partial charge in [-0.2, -0.15) is 0 Å². The summed E-state index contributed by atoms with van der Waals surface area (Å²) >= 11 is 0. The molecule has 4 fully saturated rings. The fourth-order valence-electron chi connectivity index (χ4n) is 7.25. The molecule has 0 aliphatic heterocycles. The van der Waals surface area contributed by atoms with E-state index in [2.05, 4.69) is 19.9 Å². The van der Waals surface area contributed by atoms with Crippen LogP contribution in [0.1, 0.15) is 71.6 Å². The number of rotatable bonds is 2. The normalized spacial score (nSPS) is 53.4. The van der Waals surface area contributed by atoms with Gasteiger partial charge in [0.25, 0.3) is 0 Å². The van der Waals surface area contributed by atoms with Gasteiger partial charge in [-0.1, -0.05) is 25.5 Å². The highest BCUT2D eigenvalue weighted by atomic mass is 14.8. The minimum atomic E-state index is 0.372. The van der Waals surface area contributed by atoms with E-state index in [1.165, 1.54) is 57.8 Å². The molecule has 1 heteroatoms. The molecule has 5 aliphatic rings. The molecule has 1 nitrogen and oxygen atoms in total. The van der Waals surface area contributed by atoms with E-state index in [0.29, 0.717) is 22.3 Å². The van der Waals surface area contributed by atoms with E-state index in [-0.39, 0.29) is 0 Å². The third kappa shape index (κ3) is 1.77. The Morgan fingerprint density at radius 2 is 1.79 bits per heavy atom. The fraction of sp³-hybridized carbons (Fsp3) is 0.889. The highest BCUT2D eigenvalue weighted by Gasteiger charge is 2.61. The Hall–Kier alpha value is -0.300. The van der Waals surface area contributed by atoms with Crippen molar-refractivity contribution in [2.45, 2.75) is 77.7 Å². The quantitative estimate of drug-likeness (QED) is 0.730. The molecule has 0 aromatic carbocycles. The molecule has 2 N–H and O–H groups in total. The van der Waals surface area contributed by atoms with Gasteiger partial charge in [-0.15, -0.1) is 0 Å². The van der Waals surface area contributed by atoms with Crippen LogP contribution in [-0.4, -0.2) is 6.04 Å². The van der Waals surface area contributed by atoms with Gasteiger partial charge in [-0.3, -0.25) is 0 Å².